The van der Waals surface area contributed by atoms with Crippen LogP contribution in [-0.4, -0.2) is 60.5 Å². The number of ether oxygens (including phenoxy) is 1. The molecule has 6 heteroatoms. The van der Waals surface area contributed by atoms with Crippen LogP contribution in [0, 0.1) is 0 Å². The summed E-state index contributed by atoms with van der Waals surface area (Å²) in [6.07, 6.45) is 0.287. The molecule has 0 spiro atoms. The van der Waals surface area contributed by atoms with Gasteiger partial charge in [0.25, 0.3) is 0 Å². The molecule has 0 saturated carbocycles. The molecule has 2 amide bonds. The first-order valence-corrected chi connectivity index (χ1v) is 7.89. The zero-order valence-electron chi connectivity index (χ0n) is 12.5. The quantitative estimate of drug-likeness (QED) is 0.839. The van der Waals surface area contributed by atoms with E-state index in [1.165, 1.54) is 0 Å². The molecule has 0 N–H and O–H groups in total. The summed E-state index contributed by atoms with van der Waals surface area (Å²) in [6.45, 7) is 0. The van der Waals surface area contributed by atoms with Crippen LogP contribution in [0.2, 0.25) is 0 Å². The molecule has 0 aromatic heterocycles. The van der Waals surface area contributed by atoms with Crippen LogP contribution in [0.5, 0.6) is 5.75 Å². The van der Waals surface area contributed by atoms with Crippen LogP contribution in [-0.2, 0) is 16.0 Å². The van der Waals surface area contributed by atoms with Crippen LogP contribution < -0.4 is 4.74 Å². The van der Waals surface area contributed by atoms with E-state index in [-0.39, 0.29) is 24.3 Å². The number of rotatable bonds is 4. The molecule has 1 atom stereocenters. The summed E-state index contributed by atoms with van der Waals surface area (Å²) >= 11 is 1.62. The van der Waals surface area contributed by atoms with Gasteiger partial charge in [-0.25, -0.2) is 0 Å². The Balaban J connectivity index is 2.06. The first-order valence-electron chi connectivity index (χ1n) is 6.74. The molecule has 1 aromatic rings. The molecule has 5 nitrogen and oxygen atoms in total. The smallest absolute Gasteiger partial charge is 0.245 e. The number of likely N-dealkylation sites (N-methyl/N-ethyl adjacent to an activating group) is 1. The molecule has 0 radical (unpaired) electrons. The van der Waals surface area contributed by atoms with Gasteiger partial charge in [0.15, 0.2) is 0 Å². The number of nitrogens with zero attached hydrogens (tertiary/aromatic N) is 2. The highest BCUT2D eigenvalue weighted by Crippen LogP contribution is 2.23. The van der Waals surface area contributed by atoms with Crippen molar-refractivity contribution in [1.29, 1.82) is 0 Å². The lowest BCUT2D eigenvalue weighted by molar-refractivity contribution is -0.141. The Hall–Kier alpha value is -1.69. The molecule has 0 bridgehead atoms. The lowest BCUT2D eigenvalue weighted by Gasteiger charge is -2.25. The highest BCUT2D eigenvalue weighted by Gasteiger charge is 2.35. The molecule has 1 aliphatic heterocycles. The van der Waals surface area contributed by atoms with E-state index in [1.807, 2.05) is 24.3 Å². The monoisotopic (exact) mass is 308 g/mol. The largest absolute Gasteiger partial charge is 0.497 e. The molecular weight excluding hydrogens is 288 g/mol. The summed E-state index contributed by atoms with van der Waals surface area (Å²) < 4.78 is 5.16. The predicted molar refractivity (Wildman–Crippen MR) is 83.4 cm³/mol. The molecule has 1 fully saturated rings. The Morgan fingerprint density at radius 1 is 1.43 bits per heavy atom. The second kappa shape index (κ2) is 6.85. The fourth-order valence-corrected chi connectivity index (χ4v) is 3.42. The summed E-state index contributed by atoms with van der Waals surface area (Å²) in [7, 11) is 5.04. The second-order valence-corrected chi connectivity index (χ2v) is 6.14. The first-order chi connectivity index (χ1) is 10.0. The zero-order valence-corrected chi connectivity index (χ0v) is 13.4. The maximum absolute atomic E-state index is 12.5. The van der Waals surface area contributed by atoms with Gasteiger partial charge in [0.2, 0.25) is 11.8 Å². The van der Waals surface area contributed by atoms with Gasteiger partial charge in [-0.15, -0.1) is 11.8 Å². The van der Waals surface area contributed by atoms with Crippen molar-refractivity contribution in [2.75, 3.05) is 32.8 Å². The molecular formula is C15H20N2O3S. The van der Waals surface area contributed by atoms with Gasteiger partial charge in [0.05, 0.1) is 19.4 Å². The third-order valence-corrected chi connectivity index (χ3v) is 4.43. The molecule has 0 aliphatic carbocycles. The van der Waals surface area contributed by atoms with Crippen LogP contribution in [0.4, 0.5) is 0 Å². The van der Waals surface area contributed by atoms with E-state index in [9.17, 15) is 9.59 Å². The zero-order chi connectivity index (χ0) is 15.4. The molecule has 114 valence electrons. The summed E-state index contributed by atoms with van der Waals surface area (Å²) in [5.41, 5.74) is 0.896. The molecule has 1 aromatic carbocycles. The van der Waals surface area contributed by atoms with Crippen LogP contribution in [0.1, 0.15) is 5.56 Å². The molecule has 0 unspecified atom stereocenters. The van der Waals surface area contributed by atoms with Gasteiger partial charge in [-0.05, 0) is 17.7 Å². The summed E-state index contributed by atoms with van der Waals surface area (Å²) in [5.74, 6) is 1.94. The van der Waals surface area contributed by atoms with Gasteiger partial charge in [0.1, 0.15) is 11.8 Å². The normalized spacial score (nSPS) is 17.7. The summed E-state index contributed by atoms with van der Waals surface area (Å²) in [5, 5.41) is 0. The first kappa shape index (κ1) is 15.7. The van der Waals surface area contributed by atoms with Gasteiger partial charge < -0.3 is 14.5 Å². The number of methoxy groups -OCH3 is 1. The van der Waals surface area contributed by atoms with Crippen molar-refractivity contribution in [2.24, 2.45) is 0 Å². The Kier molecular flexibility index (Phi) is 5.12. The molecule has 2 rings (SSSR count). The fourth-order valence-electron chi connectivity index (χ4n) is 2.25. The fraction of sp³-hybridized carbons (Fsp3) is 0.467. The predicted octanol–water partition coefficient (Wildman–Crippen LogP) is 1.23. The molecule has 1 saturated heterocycles. The Morgan fingerprint density at radius 2 is 2.19 bits per heavy atom. The minimum absolute atomic E-state index is 0.0148. The van der Waals surface area contributed by atoms with Crippen molar-refractivity contribution in [3.63, 3.8) is 0 Å². The van der Waals surface area contributed by atoms with Crippen LogP contribution >= 0.6 is 11.8 Å². The van der Waals surface area contributed by atoms with Gasteiger partial charge in [-0.1, -0.05) is 12.1 Å². The average Bonchev–Trinajstić information content (AvgIpc) is 2.95. The van der Waals surface area contributed by atoms with E-state index in [4.69, 9.17) is 4.74 Å². The van der Waals surface area contributed by atoms with Gasteiger partial charge in [0, 0.05) is 19.8 Å². The number of thioether (sulfide) groups is 1. The summed E-state index contributed by atoms with van der Waals surface area (Å²) in [4.78, 5) is 27.8. The van der Waals surface area contributed by atoms with E-state index in [0.717, 1.165) is 11.3 Å². The Morgan fingerprint density at radius 3 is 2.86 bits per heavy atom. The topological polar surface area (TPSA) is 49.9 Å². The van der Waals surface area contributed by atoms with Crippen molar-refractivity contribution in [1.82, 2.24) is 9.80 Å². The number of hydrogen-bond donors (Lipinski definition) is 0. The minimum Gasteiger partial charge on any atom is -0.497 e. The average molecular weight is 308 g/mol. The van der Waals surface area contributed by atoms with Crippen molar-refractivity contribution < 1.29 is 14.3 Å². The lowest BCUT2D eigenvalue weighted by Crippen LogP contribution is -2.47. The number of hydrogen-bond acceptors (Lipinski definition) is 4. The SMILES string of the molecule is COc1cccc(CC(=O)N2CSC[C@H]2C(=O)N(C)C)c1. The van der Waals surface area contributed by atoms with Crippen molar-refractivity contribution in [3.8, 4) is 5.75 Å². The number of amides is 2. The van der Waals surface area contributed by atoms with Crippen molar-refractivity contribution in [2.45, 2.75) is 12.5 Å². The van der Waals surface area contributed by atoms with Gasteiger partial charge >= 0.3 is 0 Å². The maximum Gasteiger partial charge on any atom is 0.245 e. The highest BCUT2D eigenvalue weighted by molar-refractivity contribution is 7.99. The van der Waals surface area contributed by atoms with E-state index in [1.54, 1.807) is 42.8 Å². The lowest BCUT2D eigenvalue weighted by atomic mass is 10.1. The van der Waals surface area contributed by atoms with Gasteiger partial charge in [-0.2, -0.15) is 0 Å². The van der Waals surface area contributed by atoms with E-state index in [0.29, 0.717) is 11.6 Å². The van der Waals surface area contributed by atoms with E-state index < -0.39 is 0 Å². The Bertz CT molecular complexity index is 533. The van der Waals surface area contributed by atoms with Crippen LogP contribution in [0.15, 0.2) is 24.3 Å². The van der Waals surface area contributed by atoms with Crippen LogP contribution in [0.3, 0.4) is 0 Å². The maximum atomic E-state index is 12.5. The van der Waals surface area contributed by atoms with E-state index >= 15 is 0 Å². The number of carbonyl (C=O) groups excluding carboxylic acids is 2. The molecule has 1 aliphatic rings. The standard InChI is InChI=1S/C15H20N2O3S/c1-16(2)15(19)13-9-21-10-17(13)14(18)8-11-5-4-6-12(7-11)20-3/h4-7,13H,8-10H2,1-3H3/t13-/m0/s1. The Labute approximate surface area is 129 Å². The van der Waals surface area contributed by atoms with Gasteiger partial charge in [-0.3, -0.25) is 9.59 Å². The second-order valence-electron chi connectivity index (χ2n) is 5.14. The molecule has 1 heterocycles. The molecule has 21 heavy (non-hydrogen) atoms. The third-order valence-electron chi connectivity index (χ3n) is 3.42. The summed E-state index contributed by atoms with van der Waals surface area (Å²) in [6, 6.07) is 7.11. The number of benzene rings is 1. The third kappa shape index (κ3) is 3.69. The van der Waals surface area contributed by atoms with Crippen molar-refractivity contribution >= 4 is 23.6 Å². The minimum atomic E-state index is -0.344. The highest BCUT2D eigenvalue weighted by atomic mass is 32.2. The van der Waals surface area contributed by atoms with Crippen molar-refractivity contribution in [3.05, 3.63) is 29.8 Å². The number of carbonyl (C=O) groups is 2. The van der Waals surface area contributed by atoms with Crippen LogP contribution in [0.25, 0.3) is 0 Å². The van der Waals surface area contributed by atoms with E-state index in [2.05, 4.69) is 0 Å².